The summed E-state index contributed by atoms with van der Waals surface area (Å²) in [6.07, 6.45) is 2.16. The fourth-order valence-corrected chi connectivity index (χ4v) is 5.90. The summed E-state index contributed by atoms with van der Waals surface area (Å²) in [5.41, 5.74) is -0.189. The van der Waals surface area contributed by atoms with Crippen LogP contribution in [0.3, 0.4) is 0 Å². The fraction of sp³-hybridized carbons (Fsp3) is 0.667. The molecule has 2 rings (SSSR count). The van der Waals surface area contributed by atoms with Gasteiger partial charge in [-0.05, 0) is 36.8 Å². The van der Waals surface area contributed by atoms with E-state index in [0.717, 1.165) is 18.3 Å². The van der Waals surface area contributed by atoms with Crippen LogP contribution in [0, 0.1) is 11.3 Å². The molecule has 1 unspecified atom stereocenters. The Kier molecular flexibility index (Phi) is 12.5. The van der Waals surface area contributed by atoms with Crippen molar-refractivity contribution >= 4 is 29.9 Å². The average molecular weight is 600 g/mol. The van der Waals surface area contributed by atoms with Crippen molar-refractivity contribution in [1.29, 1.82) is 0 Å². The molecular formula is C33H53N5O5. The van der Waals surface area contributed by atoms with Crippen LogP contribution in [0.2, 0.25) is 0 Å². The zero-order chi connectivity index (χ0) is 32.7. The second-order valence-corrected chi connectivity index (χ2v) is 13.7. The molecule has 0 aliphatic carbocycles. The van der Waals surface area contributed by atoms with E-state index in [2.05, 4.69) is 10.6 Å². The SMILES string of the molecule is CN[C@H](C(=O)NC(C(=O)N(C)[C@H](CN(CC(=O)N1CCC[C@H]1C=O)C(C)=O)C(C)C)C(C)(C)C)C(C)(C)c1ccccc1. The van der Waals surface area contributed by atoms with Gasteiger partial charge >= 0.3 is 0 Å². The number of rotatable bonds is 13. The Morgan fingerprint density at radius 3 is 2.14 bits per heavy atom. The van der Waals surface area contributed by atoms with Crippen LogP contribution in [0.1, 0.15) is 73.8 Å². The number of nitrogens with one attached hydrogen (secondary N) is 2. The summed E-state index contributed by atoms with van der Waals surface area (Å²) in [4.78, 5) is 69.7. The van der Waals surface area contributed by atoms with E-state index in [1.807, 2.05) is 78.8 Å². The lowest BCUT2D eigenvalue weighted by atomic mass is 9.76. The van der Waals surface area contributed by atoms with Crippen LogP contribution in [0.15, 0.2) is 30.3 Å². The fourth-order valence-electron chi connectivity index (χ4n) is 5.90. The van der Waals surface area contributed by atoms with Crippen molar-refractivity contribution in [2.45, 2.75) is 97.8 Å². The van der Waals surface area contributed by atoms with Crippen LogP contribution >= 0.6 is 0 Å². The predicted molar refractivity (Wildman–Crippen MR) is 168 cm³/mol. The van der Waals surface area contributed by atoms with Crippen molar-refractivity contribution in [2.75, 3.05) is 33.7 Å². The maximum Gasteiger partial charge on any atom is 0.245 e. The van der Waals surface area contributed by atoms with Gasteiger partial charge in [-0.25, -0.2) is 0 Å². The van der Waals surface area contributed by atoms with Crippen molar-refractivity contribution in [1.82, 2.24) is 25.3 Å². The Hall–Kier alpha value is -3.27. The van der Waals surface area contributed by atoms with Gasteiger partial charge in [0.2, 0.25) is 23.6 Å². The molecule has 1 fully saturated rings. The van der Waals surface area contributed by atoms with Crippen molar-refractivity contribution in [3.8, 4) is 0 Å². The summed E-state index contributed by atoms with van der Waals surface area (Å²) in [7, 11) is 3.42. The number of likely N-dealkylation sites (tertiary alicyclic amines) is 1. The smallest absolute Gasteiger partial charge is 0.245 e. The van der Waals surface area contributed by atoms with Crippen molar-refractivity contribution in [2.24, 2.45) is 11.3 Å². The average Bonchev–Trinajstić information content (AvgIpc) is 3.42. The number of aldehydes is 1. The maximum absolute atomic E-state index is 14.1. The van der Waals surface area contributed by atoms with Crippen LogP contribution in [0.5, 0.6) is 0 Å². The summed E-state index contributed by atoms with van der Waals surface area (Å²) in [5, 5.41) is 6.20. The number of amides is 4. The number of likely N-dealkylation sites (N-methyl/N-ethyl adjacent to an activating group) is 2. The Labute approximate surface area is 257 Å². The first kappa shape index (κ1) is 35.9. The van der Waals surface area contributed by atoms with Gasteiger partial charge in [0.25, 0.3) is 0 Å². The normalized spacial score (nSPS) is 17.7. The van der Waals surface area contributed by atoms with Crippen molar-refractivity contribution < 1.29 is 24.0 Å². The van der Waals surface area contributed by atoms with Gasteiger partial charge < -0.3 is 30.1 Å². The van der Waals surface area contributed by atoms with E-state index in [-0.39, 0.29) is 42.6 Å². The molecule has 0 aromatic heterocycles. The molecule has 0 radical (unpaired) electrons. The third-order valence-electron chi connectivity index (χ3n) is 8.76. The van der Waals surface area contributed by atoms with Gasteiger partial charge in [-0.1, -0.05) is 78.8 Å². The van der Waals surface area contributed by atoms with Gasteiger partial charge in [0.15, 0.2) is 0 Å². The number of nitrogens with zero attached hydrogens (tertiary/aromatic N) is 3. The molecule has 0 saturated carbocycles. The van der Waals surface area contributed by atoms with Crippen LogP contribution < -0.4 is 10.6 Å². The molecule has 4 amide bonds. The topological polar surface area (TPSA) is 119 Å². The highest BCUT2D eigenvalue weighted by Gasteiger charge is 2.42. The Balaban J connectivity index is 2.29. The van der Waals surface area contributed by atoms with Crippen LogP contribution in [-0.4, -0.2) is 103 Å². The van der Waals surface area contributed by atoms with E-state index in [1.54, 1.807) is 19.0 Å². The maximum atomic E-state index is 14.1. The van der Waals surface area contributed by atoms with Crippen molar-refractivity contribution in [3.63, 3.8) is 0 Å². The third-order valence-corrected chi connectivity index (χ3v) is 8.76. The highest BCUT2D eigenvalue weighted by Crippen LogP contribution is 2.29. The van der Waals surface area contributed by atoms with E-state index < -0.39 is 35.0 Å². The highest BCUT2D eigenvalue weighted by molar-refractivity contribution is 5.91. The molecule has 1 aromatic rings. The third kappa shape index (κ3) is 8.87. The number of hydrogen-bond donors (Lipinski definition) is 2. The molecule has 43 heavy (non-hydrogen) atoms. The molecule has 0 bridgehead atoms. The zero-order valence-electron chi connectivity index (χ0n) is 27.8. The van der Waals surface area contributed by atoms with Crippen LogP contribution in [0.4, 0.5) is 0 Å². The Morgan fingerprint density at radius 2 is 1.65 bits per heavy atom. The van der Waals surface area contributed by atoms with E-state index in [1.165, 1.54) is 16.7 Å². The monoisotopic (exact) mass is 599 g/mol. The number of carbonyl (C=O) groups excluding carboxylic acids is 5. The molecule has 1 saturated heterocycles. The summed E-state index contributed by atoms with van der Waals surface area (Å²) in [6.45, 7) is 15.5. The van der Waals surface area contributed by atoms with Gasteiger partial charge in [0.05, 0.1) is 24.7 Å². The highest BCUT2D eigenvalue weighted by atomic mass is 16.2. The molecule has 1 aromatic carbocycles. The second kappa shape index (κ2) is 14.9. The van der Waals surface area contributed by atoms with E-state index in [9.17, 15) is 24.0 Å². The quantitative estimate of drug-likeness (QED) is 0.337. The molecule has 4 atom stereocenters. The van der Waals surface area contributed by atoms with Gasteiger partial charge in [-0.3, -0.25) is 19.2 Å². The molecule has 1 aliphatic heterocycles. The Morgan fingerprint density at radius 1 is 1.05 bits per heavy atom. The molecule has 1 aliphatic rings. The largest absolute Gasteiger partial charge is 0.342 e. The van der Waals surface area contributed by atoms with E-state index in [0.29, 0.717) is 13.0 Å². The minimum atomic E-state index is -0.848. The first-order valence-electron chi connectivity index (χ1n) is 15.3. The molecule has 2 N–H and O–H groups in total. The minimum Gasteiger partial charge on any atom is -0.342 e. The predicted octanol–water partition coefficient (Wildman–Crippen LogP) is 2.60. The Bertz CT molecular complexity index is 1130. The number of hydrogen-bond acceptors (Lipinski definition) is 6. The number of carbonyl (C=O) groups is 5. The van der Waals surface area contributed by atoms with Crippen LogP contribution in [-0.2, 0) is 29.4 Å². The lowest BCUT2D eigenvalue weighted by molar-refractivity contribution is -0.145. The van der Waals surface area contributed by atoms with Gasteiger partial charge in [0, 0.05) is 32.5 Å². The minimum absolute atomic E-state index is 0.0567. The molecular weight excluding hydrogens is 546 g/mol. The molecule has 10 nitrogen and oxygen atoms in total. The summed E-state index contributed by atoms with van der Waals surface area (Å²) >= 11 is 0. The van der Waals surface area contributed by atoms with E-state index >= 15 is 0 Å². The lowest BCUT2D eigenvalue weighted by Gasteiger charge is -2.41. The van der Waals surface area contributed by atoms with Crippen molar-refractivity contribution in [3.05, 3.63) is 35.9 Å². The van der Waals surface area contributed by atoms with Gasteiger partial charge in [-0.15, -0.1) is 0 Å². The first-order valence-corrected chi connectivity index (χ1v) is 15.3. The molecule has 0 spiro atoms. The first-order chi connectivity index (χ1) is 20.0. The molecule has 1 heterocycles. The van der Waals surface area contributed by atoms with Crippen LogP contribution in [0.25, 0.3) is 0 Å². The summed E-state index contributed by atoms with van der Waals surface area (Å²) in [6, 6.07) is 7.43. The molecule has 10 heteroatoms. The van der Waals surface area contributed by atoms with E-state index in [4.69, 9.17) is 0 Å². The lowest BCUT2D eigenvalue weighted by Crippen LogP contribution is -2.62. The van der Waals surface area contributed by atoms with Gasteiger partial charge in [-0.2, -0.15) is 0 Å². The zero-order valence-corrected chi connectivity index (χ0v) is 27.8. The summed E-state index contributed by atoms with van der Waals surface area (Å²) in [5.74, 6) is -1.19. The molecule has 240 valence electrons. The van der Waals surface area contributed by atoms with Gasteiger partial charge in [0.1, 0.15) is 12.3 Å². The summed E-state index contributed by atoms with van der Waals surface area (Å²) < 4.78 is 0. The number of benzene rings is 1. The second-order valence-electron chi connectivity index (χ2n) is 13.7. The standard InChI is InChI=1S/C33H53N5O5/c1-22(2)26(19-37(23(3)40)20-27(41)38-18-14-17-25(38)21-39)36(10)31(43)29(32(4,5)6)35-30(42)28(34-9)33(7,8)24-15-12-11-13-16-24/h11-13,15-16,21-22,25-26,28-29,34H,14,17-20H2,1-10H3,(H,35,42)/t25-,26+,28+,29?/m0/s1.